The maximum Gasteiger partial charge on any atom is 0.164 e. The molecule has 6 nitrogen and oxygen atoms in total. The van der Waals surface area contributed by atoms with Gasteiger partial charge in [-0.15, -0.1) is 0 Å². The number of ketones is 2. The number of aliphatic hydroxyl groups is 2. The van der Waals surface area contributed by atoms with Crippen LogP contribution in [0.3, 0.4) is 0 Å². The second kappa shape index (κ2) is 7.97. The van der Waals surface area contributed by atoms with Crippen LogP contribution in [0.4, 0.5) is 0 Å². The van der Waals surface area contributed by atoms with E-state index in [4.69, 9.17) is 9.47 Å². The summed E-state index contributed by atoms with van der Waals surface area (Å²) in [7, 11) is 0. The van der Waals surface area contributed by atoms with Gasteiger partial charge in [-0.1, -0.05) is 13.8 Å². The lowest BCUT2D eigenvalue weighted by Gasteiger charge is -2.60. The fraction of sp³-hybridized carbons (Fsp3) is 0.867. The zero-order valence-electron chi connectivity index (χ0n) is 23.3. The minimum atomic E-state index is -1.08. The quantitative estimate of drug-likeness (QED) is 0.569. The van der Waals surface area contributed by atoms with E-state index in [1.807, 2.05) is 27.7 Å². The fourth-order valence-corrected chi connectivity index (χ4v) is 9.26. The maximum atomic E-state index is 13.4. The summed E-state index contributed by atoms with van der Waals surface area (Å²) < 4.78 is 13.1. The molecule has 5 aliphatic rings. The normalized spacial score (nSPS) is 48.3. The Hall–Kier alpha value is -1.08. The van der Waals surface area contributed by atoms with Crippen molar-refractivity contribution in [2.45, 2.75) is 135 Å². The number of hydrogen-bond donors (Lipinski definition) is 2. The summed E-state index contributed by atoms with van der Waals surface area (Å²) in [4.78, 5) is 25.6. The molecule has 0 spiro atoms. The van der Waals surface area contributed by atoms with Crippen molar-refractivity contribution >= 4 is 11.6 Å². The lowest BCUT2D eigenvalue weighted by molar-refractivity contribution is -0.190. The third-order valence-electron chi connectivity index (χ3n) is 11.2. The molecule has 5 rings (SSSR count). The van der Waals surface area contributed by atoms with Crippen molar-refractivity contribution in [2.75, 3.05) is 0 Å². The van der Waals surface area contributed by atoms with Crippen molar-refractivity contribution < 1.29 is 29.3 Å². The molecule has 1 heterocycles. The number of allylic oxidation sites excluding steroid dienone is 1. The van der Waals surface area contributed by atoms with Crippen LogP contribution in [-0.4, -0.2) is 50.5 Å². The molecule has 6 heteroatoms. The zero-order valence-corrected chi connectivity index (χ0v) is 23.3. The third-order valence-corrected chi connectivity index (χ3v) is 11.2. The molecule has 4 aliphatic carbocycles. The van der Waals surface area contributed by atoms with Gasteiger partial charge in [-0.3, -0.25) is 9.59 Å². The molecule has 0 radical (unpaired) electrons. The first-order valence-corrected chi connectivity index (χ1v) is 14.1. The van der Waals surface area contributed by atoms with E-state index in [1.165, 1.54) is 0 Å². The van der Waals surface area contributed by atoms with Gasteiger partial charge in [0.1, 0.15) is 5.78 Å². The Morgan fingerprint density at radius 2 is 1.72 bits per heavy atom. The minimum Gasteiger partial charge on any atom is -0.390 e. The maximum absolute atomic E-state index is 13.4. The van der Waals surface area contributed by atoms with E-state index < -0.39 is 28.0 Å². The van der Waals surface area contributed by atoms with Crippen LogP contribution in [0.5, 0.6) is 0 Å². The molecule has 0 amide bonds. The number of carbonyl (C=O) groups excluding carboxylic acids is 2. The summed E-state index contributed by atoms with van der Waals surface area (Å²) in [5.41, 5.74) is -2.31. The highest BCUT2D eigenvalue weighted by Crippen LogP contribution is 2.69. The molecule has 2 N–H and O–H groups in total. The molecule has 0 bridgehead atoms. The third kappa shape index (κ3) is 3.72. The zero-order chi connectivity index (χ0) is 26.5. The Morgan fingerprint density at radius 3 is 2.39 bits per heavy atom. The Morgan fingerprint density at radius 1 is 1.03 bits per heavy atom. The van der Waals surface area contributed by atoms with Crippen LogP contribution in [0.2, 0.25) is 0 Å². The van der Waals surface area contributed by atoms with E-state index in [0.29, 0.717) is 32.1 Å². The number of hydrogen-bond acceptors (Lipinski definition) is 6. The molecule has 1 saturated heterocycles. The molecular formula is C30H46O6. The highest BCUT2D eigenvalue weighted by atomic mass is 16.8. The van der Waals surface area contributed by atoms with Crippen molar-refractivity contribution in [2.24, 2.45) is 28.6 Å². The summed E-state index contributed by atoms with van der Waals surface area (Å²) in [6, 6.07) is 0. The van der Waals surface area contributed by atoms with Gasteiger partial charge in [-0.25, -0.2) is 0 Å². The molecule has 0 aromatic carbocycles. The van der Waals surface area contributed by atoms with Crippen LogP contribution in [0.1, 0.15) is 106 Å². The van der Waals surface area contributed by atoms with E-state index in [-0.39, 0.29) is 40.8 Å². The van der Waals surface area contributed by atoms with Crippen LogP contribution in [0.15, 0.2) is 11.6 Å². The van der Waals surface area contributed by atoms with Gasteiger partial charge < -0.3 is 19.7 Å². The van der Waals surface area contributed by atoms with Crippen molar-refractivity contribution in [1.29, 1.82) is 0 Å². The van der Waals surface area contributed by atoms with Gasteiger partial charge in [0.2, 0.25) is 0 Å². The van der Waals surface area contributed by atoms with Crippen molar-refractivity contribution in [3.05, 3.63) is 11.6 Å². The molecule has 202 valence electrons. The van der Waals surface area contributed by atoms with E-state index in [2.05, 4.69) is 20.8 Å². The van der Waals surface area contributed by atoms with E-state index >= 15 is 0 Å². The molecule has 0 aromatic heterocycles. The largest absolute Gasteiger partial charge is 0.390 e. The number of carbonyl (C=O) groups is 2. The highest BCUT2D eigenvalue weighted by molar-refractivity contribution is 5.98. The first-order valence-electron chi connectivity index (χ1n) is 14.1. The van der Waals surface area contributed by atoms with Crippen LogP contribution >= 0.6 is 0 Å². The van der Waals surface area contributed by atoms with Gasteiger partial charge in [-0.2, -0.15) is 0 Å². The van der Waals surface area contributed by atoms with Gasteiger partial charge in [0.05, 0.1) is 22.9 Å². The fourth-order valence-electron chi connectivity index (χ4n) is 9.26. The van der Waals surface area contributed by atoms with E-state index in [1.54, 1.807) is 6.08 Å². The Labute approximate surface area is 216 Å². The number of fused-ring (bicyclic) bond motifs is 5. The lowest BCUT2D eigenvalue weighted by atomic mass is 9.46. The number of ether oxygens (including phenoxy) is 2. The smallest absolute Gasteiger partial charge is 0.164 e. The molecule has 36 heavy (non-hydrogen) atoms. The van der Waals surface area contributed by atoms with Crippen LogP contribution in [0.25, 0.3) is 0 Å². The van der Waals surface area contributed by atoms with Crippen molar-refractivity contribution in [3.63, 3.8) is 0 Å². The van der Waals surface area contributed by atoms with Crippen LogP contribution in [0, 0.1) is 28.6 Å². The van der Waals surface area contributed by atoms with E-state index in [0.717, 1.165) is 31.3 Å². The lowest BCUT2D eigenvalue weighted by Crippen LogP contribution is -2.61. The number of rotatable bonds is 4. The number of Topliss-reactive ketones (excluding diaryl/α,β-unsaturated/α-hetero) is 1. The van der Waals surface area contributed by atoms with Gasteiger partial charge in [-0.05, 0) is 108 Å². The second-order valence-corrected chi connectivity index (χ2v) is 14.4. The SMILES string of the molecule is CC(C)(O)CC[C@H]1OC(C)(C)O[C@]1(C)[C@H]1CC[C@@]2(O)C3=CC(=O)[C@@H]4CC(=O)CC[C@]4(C)[C@H]3CC[C@]12C. The van der Waals surface area contributed by atoms with Crippen LogP contribution < -0.4 is 0 Å². The van der Waals surface area contributed by atoms with Crippen molar-refractivity contribution in [3.8, 4) is 0 Å². The monoisotopic (exact) mass is 502 g/mol. The summed E-state index contributed by atoms with van der Waals surface area (Å²) >= 11 is 0. The second-order valence-electron chi connectivity index (χ2n) is 14.4. The van der Waals surface area contributed by atoms with Crippen LogP contribution in [-0.2, 0) is 19.1 Å². The molecule has 3 saturated carbocycles. The van der Waals surface area contributed by atoms with E-state index in [9.17, 15) is 19.8 Å². The van der Waals surface area contributed by atoms with Gasteiger partial charge in [0.15, 0.2) is 11.6 Å². The summed E-state index contributed by atoms with van der Waals surface area (Å²) in [5.74, 6) is -0.625. The van der Waals surface area contributed by atoms with Crippen molar-refractivity contribution in [1.82, 2.24) is 0 Å². The summed E-state index contributed by atoms with van der Waals surface area (Å²) in [6.45, 7) is 14.0. The Bertz CT molecular complexity index is 992. The van der Waals surface area contributed by atoms with Gasteiger partial charge in [0.25, 0.3) is 0 Å². The predicted molar refractivity (Wildman–Crippen MR) is 136 cm³/mol. The molecule has 0 unspecified atom stereocenters. The molecule has 1 aliphatic heterocycles. The standard InChI is InChI=1S/C30H46O6/c1-25(2,33)12-11-24-29(7,36-26(3,4)35-24)23-10-15-30(34)20-17-22(32)21-16-18(31)8-13-27(21,5)19(20)9-14-28(23,30)6/h17,19,21,23-24,33-34H,8-16H2,1-7H3/t19-,21-,23-,24+,27+,28+,29+,30+/m0/s1. The average Bonchev–Trinajstić information content (AvgIpc) is 3.17. The topological polar surface area (TPSA) is 93.1 Å². The minimum absolute atomic E-state index is 0.0220. The van der Waals surface area contributed by atoms with Gasteiger partial charge >= 0.3 is 0 Å². The Balaban J connectivity index is 1.51. The first kappa shape index (κ1) is 26.5. The molecule has 4 fully saturated rings. The predicted octanol–water partition coefficient (Wildman–Crippen LogP) is 4.89. The highest BCUT2D eigenvalue weighted by Gasteiger charge is 2.71. The Kier molecular flexibility index (Phi) is 5.87. The summed E-state index contributed by atoms with van der Waals surface area (Å²) in [6.07, 6.45) is 7.55. The molecular weight excluding hydrogens is 456 g/mol. The average molecular weight is 503 g/mol. The van der Waals surface area contributed by atoms with Gasteiger partial charge in [0, 0.05) is 24.2 Å². The summed E-state index contributed by atoms with van der Waals surface area (Å²) in [5, 5.41) is 23.0. The molecule has 8 atom stereocenters. The first-order chi connectivity index (χ1) is 16.5. The molecule has 0 aromatic rings.